The zero-order valence-electron chi connectivity index (χ0n) is 11.5. The highest BCUT2D eigenvalue weighted by atomic mass is 32.2. The second kappa shape index (κ2) is 5.85. The SMILES string of the molecule is Cn1cc(S(=O)(=O)N(CCC#N)c2ccccc2)c(N)n1. The Balaban J connectivity index is 2.50. The molecule has 0 radical (unpaired) electrons. The molecule has 0 fully saturated rings. The standard InChI is InChI=1S/C13H15N5O2S/c1-17-10-12(13(15)16-17)21(19,20)18(9-5-8-14)11-6-3-2-4-7-11/h2-4,6-7,10H,5,9H2,1H3,(H2,15,16). The highest BCUT2D eigenvalue weighted by Crippen LogP contribution is 2.26. The van der Waals surface area contributed by atoms with Crippen molar-refractivity contribution in [2.24, 2.45) is 7.05 Å². The molecule has 110 valence electrons. The molecule has 1 heterocycles. The van der Waals surface area contributed by atoms with Crippen LogP contribution in [0.4, 0.5) is 11.5 Å². The van der Waals surface area contributed by atoms with Gasteiger partial charge in [0.1, 0.15) is 4.90 Å². The number of para-hydroxylation sites is 1. The van der Waals surface area contributed by atoms with Gasteiger partial charge in [0.15, 0.2) is 5.82 Å². The van der Waals surface area contributed by atoms with E-state index in [4.69, 9.17) is 11.0 Å². The summed E-state index contributed by atoms with van der Waals surface area (Å²) in [7, 11) is -2.27. The number of benzene rings is 1. The lowest BCUT2D eigenvalue weighted by atomic mass is 10.3. The van der Waals surface area contributed by atoms with Gasteiger partial charge < -0.3 is 5.73 Å². The molecule has 8 heteroatoms. The first-order valence-electron chi connectivity index (χ1n) is 6.20. The van der Waals surface area contributed by atoms with Gasteiger partial charge in [0.2, 0.25) is 0 Å². The largest absolute Gasteiger partial charge is 0.381 e. The van der Waals surface area contributed by atoms with Gasteiger partial charge in [-0.15, -0.1) is 0 Å². The molecule has 0 amide bonds. The third-order valence-corrected chi connectivity index (χ3v) is 4.70. The summed E-state index contributed by atoms with van der Waals surface area (Å²) >= 11 is 0. The van der Waals surface area contributed by atoms with E-state index in [1.54, 1.807) is 37.4 Å². The molecule has 0 aliphatic carbocycles. The van der Waals surface area contributed by atoms with Crippen molar-refractivity contribution in [1.82, 2.24) is 9.78 Å². The molecule has 0 bridgehead atoms. The van der Waals surface area contributed by atoms with Crippen molar-refractivity contribution in [2.45, 2.75) is 11.3 Å². The first-order valence-corrected chi connectivity index (χ1v) is 7.64. The number of nitrogens with zero attached hydrogens (tertiary/aromatic N) is 4. The van der Waals surface area contributed by atoms with Crippen LogP contribution in [0.2, 0.25) is 0 Å². The van der Waals surface area contributed by atoms with Crippen molar-refractivity contribution < 1.29 is 8.42 Å². The Morgan fingerprint density at radius 1 is 1.38 bits per heavy atom. The summed E-state index contributed by atoms with van der Waals surface area (Å²) in [4.78, 5) is -0.0632. The van der Waals surface area contributed by atoms with Crippen molar-refractivity contribution in [1.29, 1.82) is 5.26 Å². The lowest BCUT2D eigenvalue weighted by molar-refractivity contribution is 0.591. The lowest BCUT2D eigenvalue weighted by Crippen LogP contribution is -2.32. The fourth-order valence-electron chi connectivity index (χ4n) is 1.94. The highest BCUT2D eigenvalue weighted by Gasteiger charge is 2.28. The van der Waals surface area contributed by atoms with Crippen LogP contribution >= 0.6 is 0 Å². The van der Waals surface area contributed by atoms with Crippen LogP contribution in [0.15, 0.2) is 41.4 Å². The molecule has 0 saturated carbocycles. The fraction of sp³-hybridized carbons (Fsp3) is 0.231. The van der Waals surface area contributed by atoms with Crippen molar-refractivity contribution in [3.63, 3.8) is 0 Å². The predicted molar refractivity (Wildman–Crippen MR) is 78.8 cm³/mol. The number of aryl methyl sites for hydroxylation is 1. The number of anilines is 2. The van der Waals surface area contributed by atoms with Crippen LogP contribution in [-0.4, -0.2) is 24.7 Å². The summed E-state index contributed by atoms with van der Waals surface area (Å²) in [6.07, 6.45) is 1.43. The third-order valence-electron chi connectivity index (χ3n) is 2.86. The van der Waals surface area contributed by atoms with E-state index < -0.39 is 10.0 Å². The molecule has 0 aliphatic rings. The quantitative estimate of drug-likeness (QED) is 0.891. The number of hydrogen-bond acceptors (Lipinski definition) is 5. The predicted octanol–water partition coefficient (Wildman–Crippen LogP) is 1.11. The van der Waals surface area contributed by atoms with Gasteiger partial charge in [0.05, 0.1) is 18.2 Å². The van der Waals surface area contributed by atoms with Crippen molar-refractivity contribution in [3.05, 3.63) is 36.5 Å². The summed E-state index contributed by atoms with van der Waals surface area (Å²) in [5.74, 6) is -0.0598. The molecule has 7 nitrogen and oxygen atoms in total. The van der Waals surface area contributed by atoms with Gasteiger partial charge in [-0.2, -0.15) is 10.4 Å². The Labute approximate surface area is 123 Å². The third kappa shape index (κ3) is 2.98. The summed E-state index contributed by atoms with van der Waals surface area (Å²) in [6, 6.07) is 10.5. The first kappa shape index (κ1) is 14.9. The molecule has 0 unspecified atom stereocenters. The Morgan fingerprint density at radius 3 is 2.57 bits per heavy atom. The minimum absolute atomic E-state index is 0.0528. The Hall–Kier alpha value is -2.53. The molecule has 0 atom stereocenters. The molecule has 0 spiro atoms. The van der Waals surface area contributed by atoms with Gasteiger partial charge in [-0.25, -0.2) is 8.42 Å². The molecule has 2 N–H and O–H groups in total. The van der Waals surface area contributed by atoms with Crippen LogP contribution in [-0.2, 0) is 17.1 Å². The molecule has 0 saturated heterocycles. The summed E-state index contributed by atoms with van der Waals surface area (Å²) < 4.78 is 28.0. The number of aromatic nitrogens is 2. The van der Waals surface area contributed by atoms with Gasteiger partial charge in [0.25, 0.3) is 10.0 Å². The maximum absolute atomic E-state index is 12.8. The van der Waals surface area contributed by atoms with Gasteiger partial charge in [-0.1, -0.05) is 18.2 Å². The Kier molecular flexibility index (Phi) is 4.14. The molecule has 1 aromatic heterocycles. The Morgan fingerprint density at radius 2 is 2.05 bits per heavy atom. The van der Waals surface area contributed by atoms with Gasteiger partial charge in [0, 0.05) is 19.8 Å². The van der Waals surface area contributed by atoms with Crippen molar-refractivity contribution in [2.75, 3.05) is 16.6 Å². The average Bonchev–Trinajstić information content (AvgIpc) is 2.80. The van der Waals surface area contributed by atoms with Crippen LogP contribution in [0.3, 0.4) is 0 Å². The zero-order chi connectivity index (χ0) is 15.5. The Bertz CT molecular complexity index is 762. The maximum Gasteiger partial charge on any atom is 0.269 e. The van der Waals surface area contributed by atoms with Crippen molar-refractivity contribution in [3.8, 4) is 6.07 Å². The topological polar surface area (TPSA) is 105 Å². The summed E-state index contributed by atoms with van der Waals surface area (Å²) in [5.41, 5.74) is 6.15. The molecule has 21 heavy (non-hydrogen) atoms. The number of nitrogens with two attached hydrogens (primary N) is 1. The molecule has 1 aromatic carbocycles. The molecule has 2 aromatic rings. The first-order chi connectivity index (χ1) is 9.96. The second-order valence-corrected chi connectivity index (χ2v) is 6.20. The van der Waals surface area contributed by atoms with E-state index in [2.05, 4.69) is 5.10 Å². The van der Waals surface area contributed by atoms with Crippen LogP contribution in [0, 0.1) is 11.3 Å². The lowest BCUT2D eigenvalue weighted by Gasteiger charge is -2.22. The van der Waals surface area contributed by atoms with E-state index in [1.807, 2.05) is 6.07 Å². The minimum Gasteiger partial charge on any atom is -0.381 e. The summed E-state index contributed by atoms with van der Waals surface area (Å²) in [6.45, 7) is 0.0528. The van der Waals surface area contributed by atoms with Crippen LogP contribution in [0.25, 0.3) is 0 Å². The monoisotopic (exact) mass is 305 g/mol. The van der Waals surface area contributed by atoms with Crippen LogP contribution in [0.1, 0.15) is 6.42 Å². The van der Waals surface area contributed by atoms with E-state index in [0.29, 0.717) is 5.69 Å². The van der Waals surface area contributed by atoms with E-state index in [1.165, 1.54) is 15.2 Å². The molecular formula is C13H15N5O2S. The number of nitrogen functional groups attached to an aromatic ring is 1. The fourth-order valence-corrected chi connectivity index (χ4v) is 3.49. The zero-order valence-corrected chi connectivity index (χ0v) is 12.3. The van der Waals surface area contributed by atoms with Gasteiger partial charge in [-0.05, 0) is 12.1 Å². The number of nitriles is 1. The maximum atomic E-state index is 12.8. The number of sulfonamides is 1. The van der Waals surface area contributed by atoms with Gasteiger partial charge in [-0.3, -0.25) is 8.99 Å². The van der Waals surface area contributed by atoms with E-state index in [9.17, 15) is 8.42 Å². The van der Waals surface area contributed by atoms with Crippen LogP contribution < -0.4 is 10.0 Å². The average molecular weight is 305 g/mol. The van der Waals surface area contributed by atoms with E-state index in [-0.39, 0.29) is 23.7 Å². The smallest absolute Gasteiger partial charge is 0.269 e. The number of hydrogen-bond donors (Lipinski definition) is 1. The molecule has 2 rings (SSSR count). The molecule has 0 aliphatic heterocycles. The normalized spacial score (nSPS) is 11.0. The van der Waals surface area contributed by atoms with Crippen LogP contribution in [0.5, 0.6) is 0 Å². The van der Waals surface area contributed by atoms with E-state index >= 15 is 0 Å². The number of rotatable bonds is 5. The second-order valence-electron chi connectivity index (χ2n) is 4.37. The minimum atomic E-state index is -3.86. The highest BCUT2D eigenvalue weighted by molar-refractivity contribution is 7.93. The van der Waals surface area contributed by atoms with Gasteiger partial charge >= 0.3 is 0 Å². The van der Waals surface area contributed by atoms with Crippen molar-refractivity contribution >= 4 is 21.5 Å². The molecular weight excluding hydrogens is 290 g/mol. The van der Waals surface area contributed by atoms with E-state index in [0.717, 1.165) is 0 Å². The summed E-state index contributed by atoms with van der Waals surface area (Å²) in [5, 5.41) is 12.6.